The number of aromatic nitrogens is 1. The van der Waals surface area contributed by atoms with Crippen molar-refractivity contribution in [1.29, 1.82) is 0 Å². The van der Waals surface area contributed by atoms with E-state index < -0.39 is 29.2 Å². The Labute approximate surface area is 213 Å². The Morgan fingerprint density at radius 1 is 1.11 bits per heavy atom. The Kier molecular flexibility index (Phi) is 5.69. The van der Waals surface area contributed by atoms with Crippen molar-refractivity contribution in [3.05, 3.63) is 70.9 Å². The van der Waals surface area contributed by atoms with E-state index in [-0.39, 0.29) is 40.3 Å². The van der Waals surface area contributed by atoms with E-state index in [1.54, 1.807) is 20.8 Å². The Morgan fingerprint density at radius 3 is 2.49 bits per heavy atom. The number of hydrogen-bond donors (Lipinski definition) is 1. The van der Waals surface area contributed by atoms with Crippen LogP contribution in [-0.2, 0) is 17.7 Å². The average Bonchev–Trinajstić information content (AvgIpc) is 3.27. The van der Waals surface area contributed by atoms with Gasteiger partial charge in [-0.25, -0.2) is 23.5 Å². The van der Waals surface area contributed by atoms with Crippen LogP contribution in [0.5, 0.6) is 5.75 Å². The zero-order valence-electron chi connectivity index (χ0n) is 21.2. The van der Waals surface area contributed by atoms with Gasteiger partial charge in [-0.05, 0) is 64.4 Å². The predicted octanol–water partition coefficient (Wildman–Crippen LogP) is 6.37. The lowest BCUT2D eigenvalue weighted by Crippen LogP contribution is -2.37. The van der Waals surface area contributed by atoms with E-state index in [0.717, 1.165) is 29.0 Å². The first-order valence-electron chi connectivity index (χ1n) is 11.9. The molecule has 0 radical (unpaired) electrons. The monoisotopic (exact) mass is 507 g/mol. The van der Waals surface area contributed by atoms with Crippen molar-refractivity contribution >= 4 is 23.4 Å². The maximum absolute atomic E-state index is 14.7. The third kappa shape index (κ3) is 4.73. The van der Waals surface area contributed by atoms with Crippen molar-refractivity contribution in [3.8, 4) is 17.0 Å². The molecule has 1 N–H and O–H groups in total. The van der Waals surface area contributed by atoms with Crippen molar-refractivity contribution < 1.29 is 27.8 Å². The van der Waals surface area contributed by atoms with Gasteiger partial charge in [0.1, 0.15) is 28.6 Å². The summed E-state index contributed by atoms with van der Waals surface area (Å²) in [5, 5.41) is 3.18. The lowest BCUT2D eigenvalue weighted by atomic mass is 10.0. The van der Waals surface area contributed by atoms with Gasteiger partial charge in [-0.2, -0.15) is 0 Å². The molecule has 0 atom stereocenters. The normalized spacial score (nSPS) is 15.8. The molecule has 2 aliphatic rings. The number of anilines is 2. The second kappa shape index (κ2) is 8.54. The van der Waals surface area contributed by atoms with Gasteiger partial charge < -0.3 is 14.8 Å². The number of carbonyl (C=O) groups excluding carboxylic acids is 2. The number of amides is 2. The molecule has 9 heteroatoms. The third-order valence-corrected chi connectivity index (χ3v) is 6.04. The Morgan fingerprint density at radius 2 is 1.81 bits per heavy atom. The maximum atomic E-state index is 14.7. The highest BCUT2D eigenvalue weighted by molar-refractivity contribution is 6.10. The Hall–Kier alpha value is -4.01. The summed E-state index contributed by atoms with van der Waals surface area (Å²) >= 11 is 0. The highest BCUT2D eigenvalue weighted by Gasteiger charge is 2.39. The number of pyridine rings is 1. The third-order valence-electron chi connectivity index (χ3n) is 6.04. The van der Waals surface area contributed by atoms with Crippen LogP contribution in [0.15, 0.2) is 42.5 Å². The van der Waals surface area contributed by atoms with E-state index >= 15 is 0 Å². The van der Waals surface area contributed by atoms with Crippen molar-refractivity contribution in [2.24, 2.45) is 0 Å². The number of halogens is 2. The minimum atomic E-state index is -0.826. The minimum Gasteiger partial charge on any atom is -0.487 e. The molecule has 37 heavy (non-hydrogen) atoms. The SMILES string of the molecule is CC(C)(C)OC(=O)N1Cc2nc(-c3c(F)cccc3F)cc(Nc3ccc4c(c3)OC(C)(C)C4)c2C1=O. The maximum Gasteiger partial charge on any atom is 0.417 e. The number of nitrogens with zero attached hydrogens (tertiary/aromatic N) is 2. The van der Waals surface area contributed by atoms with Gasteiger partial charge >= 0.3 is 6.09 Å². The zero-order chi connectivity index (χ0) is 26.7. The lowest BCUT2D eigenvalue weighted by molar-refractivity contribution is 0.0247. The lowest BCUT2D eigenvalue weighted by Gasteiger charge is -2.23. The molecule has 5 rings (SSSR count). The van der Waals surface area contributed by atoms with E-state index in [4.69, 9.17) is 9.47 Å². The number of imide groups is 1. The highest BCUT2D eigenvalue weighted by Crippen LogP contribution is 2.39. The molecule has 0 unspecified atom stereocenters. The number of fused-ring (bicyclic) bond motifs is 2. The van der Waals surface area contributed by atoms with E-state index in [1.165, 1.54) is 12.1 Å². The molecule has 2 aromatic carbocycles. The van der Waals surface area contributed by atoms with Crippen LogP contribution in [0.2, 0.25) is 0 Å². The van der Waals surface area contributed by atoms with E-state index in [1.807, 2.05) is 32.0 Å². The molecular weight excluding hydrogens is 480 g/mol. The van der Waals surface area contributed by atoms with Crippen LogP contribution in [0, 0.1) is 11.6 Å². The summed E-state index contributed by atoms with van der Waals surface area (Å²) in [7, 11) is 0. The molecule has 0 fully saturated rings. The second-order valence-electron chi connectivity index (χ2n) is 10.8. The van der Waals surface area contributed by atoms with Crippen molar-refractivity contribution in [1.82, 2.24) is 9.88 Å². The van der Waals surface area contributed by atoms with Gasteiger partial charge in [0, 0.05) is 18.2 Å². The fourth-order valence-electron chi connectivity index (χ4n) is 4.56. The molecule has 3 heterocycles. The smallest absolute Gasteiger partial charge is 0.417 e. The first-order valence-corrected chi connectivity index (χ1v) is 11.9. The summed E-state index contributed by atoms with van der Waals surface area (Å²) in [6, 6.07) is 10.5. The van der Waals surface area contributed by atoms with E-state index in [9.17, 15) is 18.4 Å². The Balaban J connectivity index is 1.58. The van der Waals surface area contributed by atoms with Crippen LogP contribution in [-0.4, -0.2) is 33.1 Å². The summed E-state index contributed by atoms with van der Waals surface area (Å²) in [5.41, 5.74) is 0.773. The van der Waals surface area contributed by atoms with Crippen molar-refractivity contribution in [2.45, 2.75) is 58.8 Å². The molecule has 0 aliphatic carbocycles. The van der Waals surface area contributed by atoms with Crippen LogP contribution >= 0.6 is 0 Å². The zero-order valence-corrected chi connectivity index (χ0v) is 21.2. The number of nitrogens with one attached hydrogen (secondary N) is 1. The molecule has 2 aliphatic heterocycles. The summed E-state index contributed by atoms with van der Waals surface area (Å²) in [4.78, 5) is 31.4. The van der Waals surface area contributed by atoms with Gasteiger partial charge in [0.25, 0.3) is 5.91 Å². The van der Waals surface area contributed by atoms with Crippen LogP contribution in [0.25, 0.3) is 11.3 Å². The fraction of sp³-hybridized carbons (Fsp3) is 0.321. The van der Waals surface area contributed by atoms with Gasteiger partial charge in [0.2, 0.25) is 0 Å². The fourth-order valence-corrected chi connectivity index (χ4v) is 4.56. The van der Waals surface area contributed by atoms with Gasteiger partial charge in [-0.3, -0.25) is 4.79 Å². The molecular formula is C28H27F2N3O4. The van der Waals surface area contributed by atoms with Crippen LogP contribution < -0.4 is 10.1 Å². The Bertz CT molecular complexity index is 1430. The molecule has 7 nitrogen and oxygen atoms in total. The summed E-state index contributed by atoms with van der Waals surface area (Å²) in [5.74, 6) is -1.49. The highest BCUT2D eigenvalue weighted by atomic mass is 19.1. The molecule has 1 aromatic heterocycles. The molecule has 192 valence electrons. The topological polar surface area (TPSA) is 80.8 Å². The first-order chi connectivity index (χ1) is 17.3. The van der Waals surface area contributed by atoms with Gasteiger partial charge in [-0.1, -0.05) is 12.1 Å². The van der Waals surface area contributed by atoms with Gasteiger partial charge in [-0.15, -0.1) is 0 Å². The minimum absolute atomic E-state index is 0.00534. The molecule has 0 spiro atoms. The predicted molar refractivity (Wildman–Crippen MR) is 134 cm³/mol. The second-order valence-corrected chi connectivity index (χ2v) is 10.8. The summed E-state index contributed by atoms with van der Waals surface area (Å²) in [6.07, 6.45) is -0.0685. The first kappa shape index (κ1) is 24.7. The number of hydrogen-bond acceptors (Lipinski definition) is 6. The molecule has 0 bridgehead atoms. The van der Waals surface area contributed by atoms with Crippen LogP contribution in [0.4, 0.5) is 25.0 Å². The standard InChI is InChI=1S/C28H27F2N3O4/c1-27(2,3)37-26(35)33-14-21-24(25(33)34)20(12-19(32-21)23-17(29)7-6-8-18(23)30)31-16-10-9-15-13-28(4,5)36-22(15)11-16/h6-12H,13-14H2,1-5H3,(H,31,32). The van der Waals surface area contributed by atoms with Crippen LogP contribution in [0.3, 0.4) is 0 Å². The molecule has 0 saturated carbocycles. The average molecular weight is 508 g/mol. The largest absolute Gasteiger partial charge is 0.487 e. The number of ether oxygens (including phenoxy) is 2. The summed E-state index contributed by atoms with van der Waals surface area (Å²) < 4.78 is 40.7. The van der Waals surface area contributed by atoms with Gasteiger partial charge in [0.15, 0.2) is 0 Å². The van der Waals surface area contributed by atoms with E-state index in [0.29, 0.717) is 11.4 Å². The molecule has 2 amide bonds. The van der Waals surface area contributed by atoms with Gasteiger partial charge in [0.05, 0.1) is 34.7 Å². The number of benzene rings is 2. The number of carbonyl (C=O) groups is 2. The summed E-state index contributed by atoms with van der Waals surface area (Å²) in [6.45, 7) is 8.88. The van der Waals surface area contributed by atoms with Crippen LogP contribution in [0.1, 0.15) is 56.2 Å². The van der Waals surface area contributed by atoms with Crippen molar-refractivity contribution in [2.75, 3.05) is 5.32 Å². The van der Waals surface area contributed by atoms with E-state index in [2.05, 4.69) is 10.3 Å². The number of rotatable bonds is 3. The molecule has 0 saturated heterocycles. The molecule has 3 aromatic rings. The quantitative estimate of drug-likeness (QED) is 0.443. The van der Waals surface area contributed by atoms with Crippen molar-refractivity contribution in [3.63, 3.8) is 0 Å².